The number of aryl methyl sites for hydroxylation is 1. The highest BCUT2D eigenvalue weighted by Gasteiger charge is 2.33. The molecule has 3 heterocycles. The van der Waals surface area contributed by atoms with Crippen molar-refractivity contribution in [2.75, 3.05) is 6.61 Å². The molecule has 0 saturated carbocycles. The van der Waals surface area contributed by atoms with Gasteiger partial charge in [-0.2, -0.15) is 9.97 Å². The normalized spacial score (nSPS) is 21.0. The molecule has 0 aliphatic carbocycles. The van der Waals surface area contributed by atoms with E-state index >= 15 is 0 Å². The monoisotopic (exact) mass is 326 g/mol. The smallest absolute Gasteiger partial charge is 0.232 e. The Morgan fingerprint density at radius 3 is 2.62 bits per heavy atom. The fraction of sp³-hybridized carbons (Fsp3) is 0.412. The van der Waals surface area contributed by atoms with Gasteiger partial charge >= 0.3 is 0 Å². The first-order chi connectivity index (χ1) is 11.8. The molecule has 1 saturated heterocycles. The molecule has 0 amide bonds. The summed E-state index contributed by atoms with van der Waals surface area (Å²) in [5.41, 5.74) is 1.13. The zero-order valence-electron chi connectivity index (χ0n) is 13.4. The standard InChI is InChI=1S/C17H18N4O3/c1-11-18-14(20-23-11)10-15-19-17(24-21-15)13-8-5-9-22-16(13)12-6-3-2-4-7-12/h2-4,6-7,13,16H,5,8-10H2,1H3/t13-,16+/m1/s1. The Kier molecular flexibility index (Phi) is 4.08. The molecule has 0 unspecified atom stereocenters. The van der Waals surface area contributed by atoms with Crippen LogP contribution in [0.1, 0.15) is 53.9 Å². The molecule has 1 aliphatic heterocycles. The second kappa shape index (κ2) is 6.52. The van der Waals surface area contributed by atoms with Crippen LogP contribution in [0.25, 0.3) is 0 Å². The fourth-order valence-electron chi connectivity index (χ4n) is 3.05. The predicted molar refractivity (Wildman–Crippen MR) is 83.2 cm³/mol. The quantitative estimate of drug-likeness (QED) is 0.728. The largest absolute Gasteiger partial charge is 0.373 e. The van der Waals surface area contributed by atoms with Crippen molar-refractivity contribution in [3.63, 3.8) is 0 Å². The zero-order valence-corrected chi connectivity index (χ0v) is 13.4. The van der Waals surface area contributed by atoms with Crippen molar-refractivity contribution >= 4 is 0 Å². The lowest BCUT2D eigenvalue weighted by Crippen LogP contribution is -2.21. The lowest BCUT2D eigenvalue weighted by atomic mass is 9.89. The minimum atomic E-state index is -0.0549. The summed E-state index contributed by atoms with van der Waals surface area (Å²) in [5, 5.41) is 7.92. The van der Waals surface area contributed by atoms with E-state index in [1.165, 1.54) is 0 Å². The Labute approximate surface area is 139 Å². The van der Waals surface area contributed by atoms with Gasteiger partial charge in [-0.15, -0.1) is 0 Å². The third-order valence-electron chi connectivity index (χ3n) is 4.14. The summed E-state index contributed by atoms with van der Waals surface area (Å²) < 4.78 is 16.5. The van der Waals surface area contributed by atoms with Crippen molar-refractivity contribution in [1.29, 1.82) is 0 Å². The minimum Gasteiger partial charge on any atom is -0.373 e. The maximum absolute atomic E-state index is 5.99. The van der Waals surface area contributed by atoms with Crippen molar-refractivity contribution < 1.29 is 13.8 Å². The summed E-state index contributed by atoms with van der Waals surface area (Å²) in [6.45, 7) is 2.50. The van der Waals surface area contributed by atoms with Gasteiger partial charge < -0.3 is 13.8 Å². The van der Waals surface area contributed by atoms with Gasteiger partial charge in [0, 0.05) is 13.5 Å². The molecule has 4 rings (SSSR count). The van der Waals surface area contributed by atoms with Crippen LogP contribution >= 0.6 is 0 Å². The van der Waals surface area contributed by atoms with Gasteiger partial charge in [0.05, 0.1) is 18.4 Å². The Hall–Kier alpha value is -2.54. The average Bonchev–Trinajstić information content (AvgIpc) is 3.25. The molecule has 7 heteroatoms. The van der Waals surface area contributed by atoms with Crippen molar-refractivity contribution in [2.45, 2.75) is 38.2 Å². The van der Waals surface area contributed by atoms with E-state index in [1.807, 2.05) is 18.2 Å². The molecule has 2 aromatic heterocycles. The Bertz CT molecular complexity index is 799. The van der Waals surface area contributed by atoms with Crippen LogP contribution < -0.4 is 0 Å². The highest BCUT2D eigenvalue weighted by Crippen LogP contribution is 2.39. The molecular formula is C17H18N4O3. The summed E-state index contributed by atoms with van der Waals surface area (Å²) in [6, 6.07) is 10.2. The molecule has 1 aromatic carbocycles. The van der Waals surface area contributed by atoms with Gasteiger partial charge in [0.15, 0.2) is 11.6 Å². The fourth-order valence-corrected chi connectivity index (χ4v) is 3.05. The van der Waals surface area contributed by atoms with Crippen LogP contribution in [-0.4, -0.2) is 26.9 Å². The number of nitrogens with zero attached hydrogens (tertiary/aromatic N) is 4. The highest BCUT2D eigenvalue weighted by molar-refractivity contribution is 5.21. The van der Waals surface area contributed by atoms with Crippen LogP contribution in [0, 0.1) is 6.92 Å². The SMILES string of the molecule is Cc1nc(Cc2noc([C@@H]3CCCO[C@H]3c3ccccc3)n2)no1. The van der Waals surface area contributed by atoms with Crippen molar-refractivity contribution in [1.82, 2.24) is 20.3 Å². The van der Waals surface area contributed by atoms with Crippen LogP contribution in [-0.2, 0) is 11.2 Å². The maximum Gasteiger partial charge on any atom is 0.232 e. The van der Waals surface area contributed by atoms with E-state index in [1.54, 1.807) is 6.92 Å². The van der Waals surface area contributed by atoms with E-state index in [0.29, 0.717) is 29.9 Å². The molecule has 7 nitrogen and oxygen atoms in total. The Morgan fingerprint density at radius 2 is 1.83 bits per heavy atom. The Morgan fingerprint density at radius 1 is 1.04 bits per heavy atom. The van der Waals surface area contributed by atoms with Gasteiger partial charge in [-0.3, -0.25) is 0 Å². The van der Waals surface area contributed by atoms with Crippen LogP contribution in [0.5, 0.6) is 0 Å². The third-order valence-corrected chi connectivity index (χ3v) is 4.14. The van der Waals surface area contributed by atoms with Crippen molar-refractivity contribution in [2.24, 2.45) is 0 Å². The molecule has 0 spiro atoms. The van der Waals surface area contributed by atoms with E-state index in [4.69, 9.17) is 13.8 Å². The molecule has 3 aromatic rings. The van der Waals surface area contributed by atoms with Crippen LogP contribution in [0.15, 0.2) is 39.4 Å². The molecule has 24 heavy (non-hydrogen) atoms. The number of rotatable bonds is 4. The summed E-state index contributed by atoms with van der Waals surface area (Å²) >= 11 is 0. The highest BCUT2D eigenvalue weighted by atomic mass is 16.5. The predicted octanol–water partition coefficient (Wildman–Crippen LogP) is 2.99. The summed E-state index contributed by atoms with van der Waals surface area (Å²) in [6.07, 6.45) is 2.28. The Balaban J connectivity index is 1.55. The second-order valence-corrected chi connectivity index (χ2v) is 5.91. The van der Waals surface area contributed by atoms with Gasteiger partial charge in [0.1, 0.15) is 0 Å². The van der Waals surface area contributed by atoms with E-state index < -0.39 is 0 Å². The first kappa shape index (κ1) is 15.0. The van der Waals surface area contributed by atoms with Crippen LogP contribution in [0.2, 0.25) is 0 Å². The zero-order chi connectivity index (χ0) is 16.4. The first-order valence-corrected chi connectivity index (χ1v) is 8.08. The second-order valence-electron chi connectivity index (χ2n) is 5.91. The molecule has 0 radical (unpaired) electrons. The number of aromatic nitrogens is 4. The van der Waals surface area contributed by atoms with Gasteiger partial charge in [-0.25, -0.2) is 0 Å². The van der Waals surface area contributed by atoms with Gasteiger partial charge in [-0.1, -0.05) is 40.6 Å². The lowest BCUT2D eigenvalue weighted by molar-refractivity contribution is -0.0103. The number of hydrogen-bond donors (Lipinski definition) is 0. The summed E-state index contributed by atoms with van der Waals surface area (Å²) in [7, 11) is 0. The number of hydrogen-bond acceptors (Lipinski definition) is 7. The molecular weight excluding hydrogens is 308 g/mol. The molecule has 0 N–H and O–H groups in total. The van der Waals surface area contributed by atoms with Gasteiger partial charge in [0.2, 0.25) is 11.8 Å². The topological polar surface area (TPSA) is 87.1 Å². The number of benzene rings is 1. The summed E-state index contributed by atoms with van der Waals surface area (Å²) in [5.74, 6) is 2.31. The van der Waals surface area contributed by atoms with E-state index in [2.05, 4.69) is 32.4 Å². The molecule has 124 valence electrons. The molecule has 2 atom stereocenters. The third kappa shape index (κ3) is 3.07. The average molecular weight is 326 g/mol. The summed E-state index contributed by atoms with van der Waals surface area (Å²) in [4.78, 5) is 8.70. The molecule has 1 aliphatic rings. The maximum atomic E-state index is 5.99. The van der Waals surface area contributed by atoms with E-state index in [-0.39, 0.29) is 12.0 Å². The van der Waals surface area contributed by atoms with Gasteiger partial charge in [-0.05, 0) is 18.4 Å². The van der Waals surface area contributed by atoms with E-state index in [9.17, 15) is 0 Å². The number of ether oxygens (including phenoxy) is 1. The molecule has 1 fully saturated rings. The van der Waals surface area contributed by atoms with Crippen molar-refractivity contribution in [3.05, 3.63) is 59.3 Å². The first-order valence-electron chi connectivity index (χ1n) is 8.08. The minimum absolute atomic E-state index is 0.0549. The van der Waals surface area contributed by atoms with E-state index in [0.717, 1.165) is 25.0 Å². The lowest BCUT2D eigenvalue weighted by Gasteiger charge is -2.29. The van der Waals surface area contributed by atoms with Crippen LogP contribution in [0.3, 0.4) is 0 Å². The van der Waals surface area contributed by atoms with Crippen LogP contribution in [0.4, 0.5) is 0 Å². The van der Waals surface area contributed by atoms with Gasteiger partial charge in [0.25, 0.3) is 0 Å². The van der Waals surface area contributed by atoms with Crippen molar-refractivity contribution in [3.8, 4) is 0 Å². The molecule has 0 bridgehead atoms.